The molecule has 206 valence electrons. The molecule has 1 N–H and O–H groups in total. The fraction of sp³-hybridized carbons (Fsp3) is 0.353. The number of piperazine rings is 1. The molecular weight excluding hydrogens is 496 g/mol. The summed E-state index contributed by atoms with van der Waals surface area (Å²) >= 11 is 0. The molecule has 6 heteroatoms. The maximum Gasteiger partial charge on any atom is 0.270 e. The monoisotopic (exact) mass is 534 g/mol. The molecule has 0 radical (unpaired) electrons. The van der Waals surface area contributed by atoms with Crippen LogP contribution in [0.4, 0.5) is 0 Å². The zero-order chi connectivity index (χ0) is 27.6. The maximum atomic E-state index is 13.9. The van der Waals surface area contributed by atoms with Crippen molar-refractivity contribution in [2.45, 2.75) is 39.2 Å². The second-order valence-electron chi connectivity index (χ2n) is 11.3. The molecule has 2 aliphatic rings. The Bertz CT molecular complexity index is 1490. The number of amides is 2. The van der Waals surface area contributed by atoms with Crippen LogP contribution >= 0.6 is 0 Å². The van der Waals surface area contributed by atoms with Crippen LogP contribution in [0.3, 0.4) is 0 Å². The predicted octanol–water partition coefficient (Wildman–Crippen LogP) is 5.76. The second kappa shape index (κ2) is 11.3. The number of carbonyl (C=O) groups is 2. The molecule has 0 spiro atoms. The maximum absolute atomic E-state index is 13.9. The summed E-state index contributed by atoms with van der Waals surface area (Å²) in [5.74, 6) is 0.656. The SMILES string of the molecule is Cc1cccc(C)c1C1CCN(Cc2c(C(=O)N3CCN(C(=O)c4ccccc4)CC3)[nH]c3ccccc23)CC1. The Labute approximate surface area is 236 Å². The third-order valence-corrected chi connectivity index (χ3v) is 8.82. The van der Waals surface area contributed by atoms with Crippen LogP contribution in [0, 0.1) is 13.8 Å². The van der Waals surface area contributed by atoms with Crippen LogP contribution in [0.2, 0.25) is 0 Å². The fourth-order valence-electron chi connectivity index (χ4n) is 6.66. The van der Waals surface area contributed by atoms with Crippen molar-refractivity contribution in [2.75, 3.05) is 39.3 Å². The van der Waals surface area contributed by atoms with Crippen molar-refractivity contribution in [2.24, 2.45) is 0 Å². The van der Waals surface area contributed by atoms with Crippen molar-refractivity contribution < 1.29 is 9.59 Å². The van der Waals surface area contributed by atoms with Gasteiger partial charge in [-0.3, -0.25) is 14.5 Å². The first-order valence-electron chi connectivity index (χ1n) is 14.5. The van der Waals surface area contributed by atoms with E-state index in [0.717, 1.165) is 48.9 Å². The van der Waals surface area contributed by atoms with Crippen molar-refractivity contribution in [3.63, 3.8) is 0 Å². The Balaban J connectivity index is 1.16. The Morgan fingerprint density at radius 1 is 0.725 bits per heavy atom. The van der Waals surface area contributed by atoms with Crippen molar-refractivity contribution in [3.05, 3.63) is 106 Å². The summed E-state index contributed by atoms with van der Waals surface area (Å²) in [5, 5.41) is 1.13. The van der Waals surface area contributed by atoms with E-state index in [4.69, 9.17) is 0 Å². The lowest BCUT2D eigenvalue weighted by molar-refractivity contribution is 0.0531. The summed E-state index contributed by atoms with van der Waals surface area (Å²) in [5.41, 5.74) is 7.80. The number of rotatable bonds is 5. The molecule has 3 aromatic carbocycles. The van der Waals surface area contributed by atoms with Crippen LogP contribution in [0.15, 0.2) is 72.8 Å². The number of H-pyrrole nitrogens is 1. The molecule has 1 aromatic heterocycles. The Morgan fingerprint density at radius 2 is 1.32 bits per heavy atom. The molecule has 2 amide bonds. The van der Waals surface area contributed by atoms with Gasteiger partial charge in [0.25, 0.3) is 11.8 Å². The molecule has 4 aromatic rings. The van der Waals surface area contributed by atoms with Gasteiger partial charge in [-0.15, -0.1) is 0 Å². The van der Waals surface area contributed by atoms with Gasteiger partial charge in [-0.2, -0.15) is 0 Å². The summed E-state index contributed by atoms with van der Waals surface area (Å²) in [6, 6.07) is 24.2. The van der Waals surface area contributed by atoms with Crippen molar-refractivity contribution in [1.82, 2.24) is 19.7 Å². The smallest absolute Gasteiger partial charge is 0.270 e. The van der Waals surface area contributed by atoms with E-state index in [9.17, 15) is 9.59 Å². The van der Waals surface area contributed by atoms with E-state index >= 15 is 0 Å². The number of aromatic nitrogens is 1. The van der Waals surface area contributed by atoms with Gasteiger partial charge in [0.05, 0.1) is 0 Å². The van der Waals surface area contributed by atoms with Crippen molar-refractivity contribution >= 4 is 22.7 Å². The highest BCUT2D eigenvalue weighted by Crippen LogP contribution is 2.34. The summed E-state index contributed by atoms with van der Waals surface area (Å²) in [6.45, 7) is 9.42. The predicted molar refractivity (Wildman–Crippen MR) is 160 cm³/mol. The fourth-order valence-corrected chi connectivity index (χ4v) is 6.66. The lowest BCUT2D eigenvalue weighted by Gasteiger charge is -2.35. The summed E-state index contributed by atoms with van der Waals surface area (Å²) in [4.78, 5) is 36.5. The van der Waals surface area contributed by atoms with Gasteiger partial charge >= 0.3 is 0 Å². The average molecular weight is 535 g/mol. The zero-order valence-electron chi connectivity index (χ0n) is 23.5. The van der Waals surface area contributed by atoms with E-state index in [-0.39, 0.29) is 11.8 Å². The molecule has 2 saturated heterocycles. The molecule has 2 aliphatic heterocycles. The first-order chi connectivity index (χ1) is 19.5. The third kappa shape index (κ3) is 5.16. The van der Waals surface area contributed by atoms with Crippen LogP contribution in [-0.4, -0.2) is 70.8 Å². The third-order valence-electron chi connectivity index (χ3n) is 8.82. The molecule has 0 unspecified atom stereocenters. The summed E-state index contributed by atoms with van der Waals surface area (Å²) in [6.07, 6.45) is 2.27. The number of nitrogens with one attached hydrogen (secondary N) is 1. The first kappa shape index (κ1) is 26.3. The van der Waals surface area contributed by atoms with Gasteiger partial charge in [-0.25, -0.2) is 0 Å². The standard InChI is InChI=1S/C34H38N4O2/c1-24-9-8-10-25(2)31(24)26-15-17-36(18-16-26)23-29-28-13-6-7-14-30(28)35-32(29)34(40)38-21-19-37(20-22-38)33(39)27-11-4-3-5-12-27/h3-14,26,35H,15-23H2,1-2H3. The van der Waals surface area contributed by atoms with E-state index in [1.165, 1.54) is 16.7 Å². The minimum absolute atomic E-state index is 0.0308. The molecule has 0 atom stereocenters. The van der Waals surface area contributed by atoms with E-state index in [1.807, 2.05) is 46.2 Å². The molecular formula is C34H38N4O2. The molecule has 0 saturated carbocycles. The van der Waals surface area contributed by atoms with Gasteiger partial charge in [0.1, 0.15) is 5.69 Å². The van der Waals surface area contributed by atoms with Crippen molar-refractivity contribution in [3.8, 4) is 0 Å². The number of fused-ring (bicyclic) bond motifs is 1. The molecule has 40 heavy (non-hydrogen) atoms. The largest absolute Gasteiger partial charge is 0.350 e. The minimum Gasteiger partial charge on any atom is -0.350 e. The first-order valence-corrected chi connectivity index (χ1v) is 14.5. The highest BCUT2D eigenvalue weighted by molar-refractivity contribution is 6.01. The molecule has 2 fully saturated rings. The van der Waals surface area contributed by atoms with Crippen LogP contribution in [0.25, 0.3) is 10.9 Å². The van der Waals surface area contributed by atoms with Crippen LogP contribution in [-0.2, 0) is 6.54 Å². The van der Waals surface area contributed by atoms with Gasteiger partial charge in [0.2, 0.25) is 0 Å². The van der Waals surface area contributed by atoms with Gasteiger partial charge < -0.3 is 14.8 Å². The lowest BCUT2D eigenvalue weighted by Crippen LogP contribution is -2.50. The number of carbonyl (C=O) groups excluding carboxylic acids is 2. The van der Waals surface area contributed by atoms with E-state index in [2.05, 4.69) is 60.1 Å². The number of aromatic amines is 1. The van der Waals surface area contributed by atoms with Gasteiger partial charge in [0.15, 0.2) is 0 Å². The average Bonchev–Trinajstić information content (AvgIpc) is 3.36. The van der Waals surface area contributed by atoms with Crippen LogP contribution < -0.4 is 0 Å². The number of hydrogen-bond acceptors (Lipinski definition) is 3. The Kier molecular flexibility index (Phi) is 7.44. The molecule has 6 rings (SSSR count). The van der Waals surface area contributed by atoms with Gasteiger partial charge in [-0.1, -0.05) is 54.6 Å². The Morgan fingerprint density at radius 3 is 2.00 bits per heavy atom. The van der Waals surface area contributed by atoms with E-state index in [0.29, 0.717) is 43.4 Å². The Hall–Kier alpha value is -3.90. The lowest BCUT2D eigenvalue weighted by atomic mass is 9.84. The van der Waals surface area contributed by atoms with E-state index in [1.54, 1.807) is 0 Å². The number of hydrogen-bond donors (Lipinski definition) is 1. The summed E-state index contributed by atoms with van der Waals surface area (Å²) in [7, 11) is 0. The number of piperidine rings is 1. The number of nitrogens with zero attached hydrogens (tertiary/aromatic N) is 3. The number of aryl methyl sites for hydroxylation is 2. The molecule has 0 aliphatic carbocycles. The normalized spacial score (nSPS) is 16.9. The number of likely N-dealkylation sites (tertiary alicyclic amines) is 1. The van der Waals surface area contributed by atoms with Crippen LogP contribution in [0.5, 0.6) is 0 Å². The molecule has 0 bridgehead atoms. The molecule has 3 heterocycles. The highest BCUT2D eigenvalue weighted by Gasteiger charge is 2.30. The molecule has 6 nitrogen and oxygen atoms in total. The number of para-hydroxylation sites is 1. The van der Waals surface area contributed by atoms with Crippen LogP contribution in [0.1, 0.15) is 61.9 Å². The van der Waals surface area contributed by atoms with E-state index < -0.39 is 0 Å². The van der Waals surface area contributed by atoms with Gasteiger partial charge in [0, 0.05) is 54.8 Å². The van der Waals surface area contributed by atoms with Gasteiger partial charge in [-0.05, 0) is 80.6 Å². The summed E-state index contributed by atoms with van der Waals surface area (Å²) < 4.78 is 0. The highest BCUT2D eigenvalue weighted by atomic mass is 16.2. The zero-order valence-corrected chi connectivity index (χ0v) is 23.5. The second-order valence-corrected chi connectivity index (χ2v) is 11.3. The number of benzene rings is 3. The topological polar surface area (TPSA) is 59.7 Å². The van der Waals surface area contributed by atoms with Crippen molar-refractivity contribution in [1.29, 1.82) is 0 Å². The minimum atomic E-state index is 0.0308. The quantitative estimate of drug-likeness (QED) is 0.354.